The number of hydrogen-bond acceptors (Lipinski definition) is 1. The molecule has 2 aromatic rings. The first kappa shape index (κ1) is 15.5. The Morgan fingerprint density at radius 2 is 1.65 bits per heavy atom. The lowest BCUT2D eigenvalue weighted by Crippen LogP contribution is -2.30. The van der Waals surface area contributed by atoms with E-state index in [0.717, 1.165) is 15.6 Å². The smallest absolute Gasteiger partial charge is 0.142 e. The van der Waals surface area contributed by atoms with Gasteiger partial charge in [0.15, 0.2) is 0 Å². The van der Waals surface area contributed by atoms with Crippen molar-refractivity contribution < 1.29 is 9.50 Å². The van der Waals surface area contributed by atoms with Crippen LogP contribution in [0.5, 0.6) is 0 Å². The maximum absolute atomic E-state index is 13.4. The van der Waals surface area contributed by atoms with Crippen LogP contribution in [0.2, 0.25) is 5.02 Å². The van der Waals surface area contributed by atoms with E-state index in [1.165, 1.54) is 12.1 Å². The first-order chi connectivity index (χ1) is 9.35. The highest BCUT2D eigenvalue weighted by Crippen LogP contribution is 2.23. The summed E-state index contributed by atoms with van der Waals surface area (Å²) in [6, 6.07) is 12.4. The molecule has 0 aliphatic heterocycles. The lowest BCUT2D eigenvalue weighted by molar-refractivity contribution is 0.0608. The minimum absolute atomic E-state index is 0.0984. The minimum Gasteiger partial charge on any atom is -0.389 e. The average molecular weight is 358 g/mol. The summed E-state index contributed by atoms with van der Waals surface area (Å²) < 4.78 is 14.4. The molecular formula is C16H15BrClFO. The van der Waals surface area contributed by atoms with Crippen LogP contribution in [-0.4, -0.2) is 10.7 Å². The fourth-order valence-corrected chi connectivity index (χ4v) is 2.58. The number of halogens is 3. The van der Waals surface area contributed by atoms with Crippen LogP contribution in [0, 0.1) is 5.82 Å². The van der Waals surface area contributed by atoms with Crippen molar-refractivity contribution >= 4 is 27.5 Å². The molecule has 2 aromatic carbocycles. The van der Waals surface area contributed by atoms with Gasteiger partial charge in [-0.15, -0.1) is 0 Å². The van der Waals surface area contributed by atoms with E-state index in [1.54, 1.807) is 13.0 Å². The van der Waals surface area contributed by atoms with E-state index in [0.29, 0.717) is 12.8 Å². The Bertz CT molecular complexity index is 596. The Balaban J connectivity index is 2.09. The molecule has 106 valence electrons. The molecule has 20 heavy (non-hydrogen) atoms. The monoisotopic (exact) mass is 356 g/mol. The topological polar surface area (TPSA) is 20.2 Å². The number of aliphatic hydroxyl groups is 1. The third-order valence-electron chi connectivity index (χ3n) is 3.07. The molecule has 0 heterocycles. The van der Waals surface area contributed by atoms with Crippen molar-refractivity contribution in [1.29, 1.82) is 0 Å². The first-order valence-corrected chi connectivity index (χ1v) is 7.44. The molecule has 1 nitrogen and oxygen atoms in total. The van der Waals surface area contributed by atoms with Gasteiger partial charge in [0.2, 0.25) is 0 Å². The second-order valence-electron chi connectivity index (χ2n) is 5.23. The average Bonchev–Trinajstić information content (AvgIpc) is 2.36. The maximum atomic E-state index is 13.4. The van der Waals surface area contributed by atoms with Gasteiger partial charge in [0.1, 0.15) is 5.82 Å². The highest BCUT2D eigenvalue weighted by atomic mass is 79.9. The molecule has 0 saturated heterocycles. The molecule has 0 radical (unpaired) electrons. The number of hydrogen-bond donors (Lipinski definition) is 1. The molecule has 0 saturated carbocycles. The predicted molar refractivity (Wildman–Crippen MR) is 83.6 cm³/mol. The molecule has 0 aliphatic carbocycles. The second kappa shape index (κ2) is 6.25. The van der Waals surface area contributed by atoms with E-state index < -0.39 is 11.4 Å². The maximum Gasteiger partial charge on any atom is 0.142 e. The summed E-state index contributed by atoms with van der Waals surface area (Å²) in [5.41, 5.74) is 0.829. The van der Waals surface area contributed by atoms with Gasteiger partial charge in [0.05, 0.1) is 10.6 Å². The fourth-order valence-electron chi connectivity index (χ4n) is 2.19. The van der Waals surface area contributed by atoms with Crippen LogP contribution in [-0.2, 0) is 12.8 Å². The molecule has 1 atom stereocenters. The Morgan fingerprint density at radius 1 is 1.10 bits per heavy atom. The van der Waals surface area contributed by atoms with Crippen LogP contribution in [0.25, 0.3) is 0 Å². The molecular weight excluding hydrogens is 343 g/mol. The summed E-state index contributed by atoms with van der Waals surface area (Å²) in [5, 5.41) is 10.6. The van der Waals surface area contributed by atoms with E-state index in [1.807, 2.05) is 24.3 Å². The third kappa shape index (κ3) is 4.30. The Morgan fingerprint density at radius 3 is 2.25 bits per heavy atom. The van der Waals surface area contributed by atoms with Gasteiger partial charge in [-0.2, -0.15) is 0 Å². The minimum atomic E-state index is -0.936. The molecule has 4 heteroatoms. The van der Waals surface area contributed by atoms with E-state index in [-0.39, 0.29) is 5.02 Å². The van der Waals surface area contributed by atoms with Gasteiger partial charge in [0.25, 0.3) is 0 Å². The zero-order valence-corrected chi connectivity index (χ0v) is 13.4. The Hall–Kier alpha value is -0.900. The summed E-state index contributed by atoms with van der Waals surface area (Å²) in [5.74, 6) is -0.455. The van der Waals surface area contributed by atoms with Crippen molar-refractivity contribution in [3.8, 4) is 0 Å². The zero-order valence-electron chi connectivity index (χ0n) is 11.0. The van der Waals surface area contributed by atoms with Gasteiger partial charge in [-0.25, -0.2) is 4.39 Å². The number of rotatable bonds is 4. The number of benzene rings is 2. The van der Waals surface area contributed by atoms with Crippen molar-refractivity contribution in [1.82, 2.24) is 0 Å². The van der Waals surface area contributed by atoms with Crippen molar-refractivity contribution in [3.63, 3.8) is 0 Å². The standard InChI is InChI=1S/C16H15BrClFO/c1-16(20,9-11-2-5-13(17)6-3-11)10-12-4-7-14(18)15(19)8-12/h2-8,20H,9-10H2,1H3. The lowest BCUT2D eigenvalue weighted by atomic mass is 9.90. The summed E-state index contributed by atoms with van der Waals surface area (Å²) >= 11 is 9.03. The van der Waals surface area contributed by atoms with Crippen LogP contribution in [0.4, 0.5) is 4.39 Å². The predicted octanol–water partition coefficient (Wildman–Crippen LogP) is 4.78. The highest BCUT2D eigenvalue weighted by molar-refractivity contribution is 9.10. The van der Waals surface area contributed by atoms with E-state index in [9.17, 15) is 9.50 Å². The van der Waals surface area contributed by atoms with Gasteiger partial charge in [-0.05, 0) is 42.3 Å². The van der Waals surface area contributed by atoms with E-state index >= 15 is 0 Å². The van der Waals surface area contributed by atoms with Crippen LogP contribution in [0.15, 0.2) is 46.9 Å². The highest BCUT2D eigenvalue weighted by Gasteiger charge is 2.22. The molecule has 0 aliphatic rings. The normalized spacial score (nSPS) is 14.1. The zero-order chi connectivity index (χ0) is 14.8. The molecule has 0 spiro atoms. The van der Waals surface area contributed by atoms with Gasteiger partial charge < -0.3 is 5.11 Å². The largest absolute Gasteiger partial charge is 0.389 e. The third-order valence-corrected chi connectivity index (χ3v) is 3.90. The molecule has 1 unspecified atom stereocenters. The first-order valence-electron chi connectivity index (χ1n) is 6.26. The molecule has 0 bridgehead atoms. The van der Waals surface area contributed by atoms with E-state index in [2.05, 4.69) is 15.9 Å². The van der Waals surface area contributed by atoms with Crippen LogP contribution < -0.4 is 0 Å². The van der Waals surface area contributed by atoms with Gasteiger partial charge in [-0.3, -0.25) is 0 Å². The SMILES string of the molecule is CC(O)(Cc1ccc(Br)cc1)Cc1ccc(Cl)c(F)c1. The summed E-state index contributed by atoms with van der Waals surface area (Å²) in [7, 11) is 0. The van der Waals surface area contributed by atoms with E-state index in [4.69, 9.17) is 11.6 Å². The molecule has 1 N–H and O–H groups in total. The van der Waals surface area contributed by atoms with Crippen LogP contribution in [0.3, 0.4) is 0 Å². The Kier molecular flexibility index (Phi) is 4.84. The molecule has 0 amide bonds. The van der Waals surface area contributed by atoms with Gasteiger partial charge in [0, 0.05) is 17.3 Å². The fraction of sp³-hybridized carbons (Fsp3) is 0.250. The van der Waals surface area contributed by atoms with Crippen LogP contribution >= 0.6 is 27.5 Å². The molecule has 0 aromatic heterocycles. The summed E-state index contributed by atoms with van der Waals surface area (Å²) in [4.78, 5) is 0. The molecule has 2 rings (SSSR count). The summed E-state index contributed by atoms with van der Waals surface area (Å²) in [6.45, 7) is 1.75. The van der Waals surface area contributed by atoms with Gasteiger partial charge in [-0.1, -0.05) is 45.7 Å². The second-order valence-corrected chi connectivity index (χ2v) is 6.55. The Labute approximate surface area is 131 Å². The van der Waals surface area contributed by atoms with Crippen molar-refractivity contribution in [3.05, 3.63) is 68.9 Å². The van der Waals surface area contributed by atoms with Gasteiger partial charge >= 0.3 is 0 Å². The van der Waals surface area contributed by atoms with Crippen LogP contribution in [0.1, 0.15) is 18.1 Å². The van der Waals surface area contributed by atoms with Crippen molar-refractivity contribution in [2.75, 3.05) is 0 Å². The molecule has 0 fully saturated rings. The quantitative estimate of drug-likeness (QED) is 0.835. The van der Waals surface area contributed by atoms with Crippen molar-refractivity contribution in [2.24, 2.45) is 0 Å². The van der Waals surface area contributed by atoms with Crippen molar-refractivity contribution in [2.45, 2.75) is 25.4 Å². The lowest BCUT2D eigenvalue weighted by Gasteiger charge is -2.23. The summed E-state index contributed by atoms with van der Waals surface area (Å²) in [6.07, 6.45) is 0.877.